The highest BCUT2D eigenvalue weighted by atomic mass is 127. The molecule has 5 heteroatoms. The number of fused-ring (bicyclic) bond motifs is 2. The van der Waals surface area contributed by atoms with Crippen LogP contribution in [-0.2, 0) is 11.2 Å². The number of benzene rings is 1. The molecule has 1 amide bonds. The van der Waals surface area contributed by atoms with Crippen LogP contribution in [0.4, 0.5) is 4.39 Å². The first-order valence-corrected chi connectivity index (χ1v) is 7.56. The number of piperazine rings is 1. The molecule has 2 aliphatic heterocycles. The average Bonchev–Trinajstić information content (AvgIpc) is 2.65. The van der Waals surface area contributed by atoms with Crippen LogP contribution in [0.15, 0.2) is 24.3 Å². The van der Waals surface area contributed by atoms with Crippen molar-refractivity contribution in [2.24, 2.45) is 0 Å². The third-order valence-electron chi connectivity index (χ3n) is 3.99. The van der Waals surface area contributed by atoms with Gasteiger partial charge in [0.05, 0.1) is 6.42 Å². The van der Waals surface area contributed by atoms with Crippen LogP contribution in [0.2, 0.25) is 0 Å². The molecule has 2 fully saturated rings. The summed E-state index contributed by atoms with van der Waals surface area (Å²) in [4.78, 5) is 14.5. The minimum atomic E-state index is -0.255. The number of hydrogen-bond acceptors (Lipinski definition) is 2. The molecule has 0 N–H and O–H groups in total. The van der Waals surface area contributed by atoms with E-state index < -0.39 is 0 Å². The molecule has 3 rings (SSSR count). The Balaban J connectivity index is 1.69. The van der Waals surface area contributed by atoms with E-state index in [0.717, 1.165) is 31.5 Å². The Morgan fingerprint density at radius 2 is 1.79 bits per heavy atom. The van der Waals surface area contributed by atoms with Gasteiger partial charge in [-0.3, -0.25) is 4.79 Å². The van der Waals surface area contributed by atoms with E-state index in [4.69, 9.17) is 0 Å². The molecule has 3 nitrogen and oxygen atoms in total. The van der Waals surface area contributed by atoms with Crippen molar-refractivity contribution >= 4 is 28.8 Å². The predicted molar refractivity (Wildman–Crippen MR) is 79.4 cm³/mol. The highest BCUT2D eigenvalue weighted by Gasteiger charge is 2.41. The maximum Gasteiger partial charge on any atom is 0.227 e. The Bertz CT molecular complexity index is 465. The molecule has 0 aliphatic carbocycles. The highest BCUT2D eigenvalue weighted by molar-refractivity contribution is 14.1. The average molecular weight is 374 g/mol. The molecule has 0 spiro atoms. The fourth-order valence-corrected chi connectivity index (χ4v) is 4.04. The van der Waals surface area contributed by atoms with Gasteiger partial charge in [0.15, 0.2) is 0 Å². The van der Waals surface area contributed by atoms with E-state index in [2.05, 4.69) is 30.9 Å². The molecule has 2 atom stereocenters. The van der Waals surface area contributed by atoms with Crippen LogP contribution in [0.1, 0.15) is 18.4 Å². The molecule has 1 aromatic rings. The second-order valence-electron chi connectivity index (χ2n) is 5.32. The zero-order valence-electron chi connectivity index (χ0n) is 10.6. The SMILES string of the molecule is O=C(Cc1ccc(F)cc1)N1C2CCC1CN(I)C2. The zero-order valence-corrected chi connectivity index (χ0v) is 12.7. The van der Waals surface area contributed by atoms with Crippen molar-refractivity contribution in [1.82, 2.24) is 8.01 Å². The van der Waals surface area contributed by atoms with Crippen LogP contribution in [0.25, 0.3) is 0 Å². The van der Waals surface area contributed by atoms with E-state index in [1.165, 1.54) is 12.1 Å². The van der Waals surface area contributed by atoms with E-state index in [9.17, 15) is 9.18 Å². The quantitative estimate of drug-likeness (QED) is 0.587. The van der Waals surface area contributed by atoms with Crippen molar-refractivity contribution in [2.45, 2.75) is 31.3 Å². The maximum atomic E-state index is 12.9. The second-order valence-corrected chi connectivity index (χ2v) is 6.68. The van der Waals surface area contributed by atoms with E-state index in [1.807, 2.05) is 0 Å². The lowest BCUT2D eigenvalue weighted by Gasteiger charge is -2.38. The topological polar surface area (TPSA) is 23.6 Å². The van der Waals surface area contributed by atoms with E-state index in [0.29, 0.717) is 18.5 Å². The van der Waals surface area contributed by atoms with Crippen molar-refractivity contribution in [2.75, 3.05) is 13.1 Å². The smallest absolute Gasteiger partial charge is 0.227 e. The van der Waals surface area contributed by atoms with Gasteiger partial charge in [0.1, 0.15) is 5.82 Å². The van der Waals surface area contributed by atoms with Crippen LogP contribution < -0.4 is 0 Å². The van der Waals surface area contributed by atoms with Crippen molar-refractivity contribution in [3.05, 3.63) is 35.6 Å². The number of carbonyl (C=O) groups is 1. The molecule has 2 heterocycles. The number of amides is 1. The predicted octanol–water partition coefficient (Wildman–Crippen LogP) is 2.39. The molecule has 1 aromatic carbocycles. The fraction of sp³-hybridized carbons (Fsp3) is 0.500. The Hall–Kier alpha value is -0.690. The third kappa shape index (κ3) is 2.76. The van der Waals surface area contributed by atoms with Crippen molar-refractivity contribution in [1.29, 1.82) is 0 Å². The first kappa shape index (κ1) is 13.3. The first-order chi connectivity index (χ1) is 9.13. The van der Waals surface area contributed by atoms with E-state index in [1.54, 1.807) is 12.1 Å². The molecule has 2 saturated heterocycles. The summed E-state index contributed by atoms with van der Waals surface area (Å²) >= 11 is 2.34. The van der Waals surface area contributed by atoms with E-state index in [-0.39, 0.29) is 11.7 Å². The van der Waals surface area contributed by atoms with Crippen LogP contribution >= 0.6 is 22.9 Å². The van der Waals surface area contributed by atoms with E-state index >= 15 is 0 Å². The Morgan fingerprint density at radius 3 is 2.37 bits per heavy atom. The molecular formula is C14H16FIN2O. The van der Waals surface area contributed by atoms with Gasteiger partial charge >= 0.3 is 0 Å². The van der Waals surface area contributed by atoms with Crippen LogP contribution in [0.3, 0.4) is 0 Å². The summed E-state index contributed by atoms with van der Waals surface area (Å²) < 4.78 is 15.1. The summed E-state index contributed by atoms with van der Waals surface area (Å²) in [6.07, 6.45) is 2.60. The number of nitrogens with zero attached hydrogens (tertiary/aromatic N) is 2. The second kappa shape index (κ2) is 5.36. The molecule has 2 unspecified atom stereocenters. The standard InChI is InChI=1S/C14H16FIN2O/c15-11-3-1-10(2-4-11)7-14(19)18-12-5-6-13(18)9-17(16)8-12/h1-4,12-13H,5-9H2. The first-order valence-electron chi connectivity index (χ1n) is 6.60. The van der Waals surface area contributed by atoms with Crippen molar-refractivity contribution in [3.63, 3.8) is 0 Å². The molecule has 0 aromatic heterocycles. The largest absolute Gasteiger partial charge is 0.334 e. The Kier molecular flexibility index (Phi) is 3.75. The van der Waals surface area contributed by atoms with Gasteiger partial charge in [0.2, 0.25) is 5.91 Å². The van der Waals surface area contributed by atoms with Gasteiger partial charge < -0.3 is 4.90 Å². The van der Waals surface area contributed by atoms with Gasteiger partial charge in [-0.05, 0) is 30.5 Å². The lowest BCUT2D eigenvalue weighted by molar-refractivity contribution is -0.134. The molecule has 2 bridgehead atoms. The number of rotatable bonds is 2. The minimum Gasteiger partial charge on any atom is -0.334 e. The summed E-state index contributed by atoms with van der Waals surface area (Å²) in [6, 6.07) is 6.96. The molecular weight excluding hydrogens is 358 g/mol. The fourth-order valence-electron chi connectivity index (χ4n) is 3.13. The number of carbonyl (C=O) groups excluding carboxylic acids is 1. The van der Waals surface area contributed by atoms with Gasteiger partial charge in [0.25, 0.3) is 0 Å². The molecule has 0 radical (unpaired) electrons. The molecule has 2 aliphatic rings. The lowest BCUT2D eigenvalue weighted by atomic mass is 10.1. The summed E-state index contributed by atoms with van der Waals surface area (Å²) in [5, 5.41) is 0. The van der Waals surface area contributed by atoms with Gasteiger partial charge in [-0.15, -0.1) is 0 Å². The number of halogens is 2. The van der Waals surface area contributed by atoms with Gasteiger partial charge in [-0.2, -0.15) is 0 Å². The summed E-state index contributed by atoms with van der Waals surface area (Å²) in [5.74, 6) is -0.0709. The zero-order chi connectivity index (χ0) is 13.4. The van der Waals surface area contributed by atoms with Crippen LogP contribution in [0, 0.1) is 5.82 Å². The third-order valence-corrected chi connectivity index (χ3v) is 4.78. The molecule has 0 saturated carbocycles. The van der Waals surface area contributed by atoms with Gasteiger partial charge in [0, 0.05) is 48.0 Å². The lowest BCUT2D eigenvalue weighted by Crippen LogP contribution is -2.53. The van der Waals surface area contributed by atoms with Crippen LogP contribution in [0.5, 0.6) is 0 Å². The summed E-state index contributed by atoms with van der Waals surface area (Å²) in [5.41, 5.74) is 0.891. The summed E-state index contributed by atoms with van der Waals surface area (Å²) in [6.45, 7) is 1.93. The summed E-state index contributed by atoms with van der Waals surface area (Å²) in [7, 11) is 0. The Morgan fingerprint density at radius 1 is 1.21 bits per heavy atom. The van der Waals surface area contributed by atoms with Crippen LogP contribution in [-0.4, -0.2) is 39.1 Å². The van der Waals surface area contributed by atoms with Gasteiger partial charge in [-0.1, -0.05) is 12.1 Å². The molecule has 102 valence electrons. The molecule has 19 heavy (non-hydrogen) atoms. The normalized spacial score (nSPS) is 26.7. The number of hydrogen-bond donors (Lipinski definition) is 0. The van der Waals surface area contributed by atoms with Crippen molar-refractivity contribution < 1.29 is 9.18 Å². The minimum absolute atomic E-state index is 0.184. The monoisotopic (exact) mass is 374 g/mol. The highest BCUT2D eigenvalue weighted by Crippen LogP contribution is 2.32. The van der Waals surface area contributed by atoms with Gasteiger partial charge in [-0.25, -0.2) is 7.50 Å². The maximum absolute atomic E-state index is 12.9. The Labute approximate surface area is 126 Å². The van der Waals surface area contributed by atoms with Crippen molar-refractivity contribution in [3.8, 4) is 0 Å².